The lowest BCUT2D eigenvalue weighted by Crippen LogP contribution is -2.59. The molecular weight excluding hydrogens is 364 g/mol. The predicted octanol–water partition coefficient (Wildman–Crippen LogP) is 3.74. The van der Waals surface area contributed by atoms with Crippen molar-refractivity contribution in [3.05, 3.63) is 77.9 Å². The van der Waals surface area contributed by atoms with Crippen LogP contribution in [0.4, 0.5) is 4.79 Å². The molecule has 2 aromatic rings. The van der Waals surface area contributed by atoms with E-state index in [1.165, 1.54) is 21.6 Å². The standard InChI is InChI=1S/C24H28N2O3/c1-23(28)24(29-22(27)25(23)2)14-17-26(18-15-24)16-13-21(19-9-5-3-6-10-19)20-11-7-4-8-12-20/h3-13,28H,14-18H2,1-2H3. The number of nitrogens with zero attached hydrogens (tertiary/aromatic N) is 2. The summed E-state index contributed by atoms with van der Waals surface area (Å²) in [5, 5.41) is 10.9. The maximum atomic E-state index is 12.0. The fourth-order valence-electron chi connectivity index (χ4n) is 4.35. The smallest absolute Gasteiger partial charge is 0.412 e. The Labute approximate surface area is 172 Å². The molecule has 1 amide bonds. The van der Waals surface area contributed by atoms with Crippen LogP contribution in [0.15, 0.2) is 66.7 Å². The Hall–Kier alpha value is -2.63. The maximum absolute atomic E-state index is 12.0. The Morgan fingerprint density at radius 3 is 2.00 bits per heavy atom. The van der Waals surface area contributed by atoms with Crippen molar-refractivity contribution < 1.29 is 14.6 Å². The molecule has 2 heterocycles. The molecule has 1 N–H and O–H groups in total. The van der Waals surface area contributed by atoms with E-state index >= 15 is 0 Å². The van der Waals surface area contributed by atoms with Crippen LogP contribution in [0.25, 0.3) is 5.57 Å². The molecule has 1 unspecified atom stereocenters. The summed E-state index contributed by atoms with van der Waals surface area (Å²) >= 11 is 0. The molecule has 2 aromatic carbocycles. The summed E-state index contributed by atoms with van der Waals surface area (Å²) in [6.07, 6.45) is 3.07. The number of likely N-dealkylation sites (tertiary alicyclic amines) is 1. The van der Waals surface area contributed by atoms with Crippen LogP contribution in [-0.2, 0) is 4.74 Å². The Kier molecular flexibility index (Phi) is 5.19. The molecule has 0 bridgehead atoms. The molecule has 1 spiro atoms. The van der Waals surface area contributed by atoms with Crippen molar-refractivity contribution in [1.29, 1.82) is 0 Å². The number of rotatable bonds is 4. The van der Waals surface area contributed by atoms with Gasteiger partial charge in [0.05, 0.1) is 0 Å². The first-order chi connectivity index (χ1) is 13.9. The lowest BCUT2D eigenvalue weighted by Gasteiger charge is -2.44. The molecule has 152 valence electrons. The van der Waals surface area contributed by atoms with Gasteiger partial charge in [-0.2, -0.15) is 0 Å². The molecule has 2 saturated heterocycles. The van der Waals surface area contributed by atoms with E-state index in [0.717, 1.165) is 19.6 Å². The molecule has 0 radical (unpaired) electrons. The number of ether oxygens (including phenoxy) is 1. The SMILES string of the molecule is CN1C(=O)OC2(CCN(CC=C(c3ccccc3)c3ccccc3)CC2)C1(C)O. The Balaban J connectivity index is 1.50. The molecule has 5 nitrogen and oxygen atoms in total. The number of benzene rings is 2. The summed E-state index contributed by atoms with van der Waals surface area (Å²) in [5.74, 6) is 0. The fourth-order valence-corrected chi connectivity index (χ4v) is 4.35. The molecule has 2 aliphatic heterocycles. The van der Waals surface area contributed by atoms with Crippen molar-refractivity contribution in [3.63, 3.8) is 0 Å². The average Bonchev–Trinajstić information content (AvgIpc) is 2.91. The van der Waals surface area contributed by atoms with E-state index in [1.54, 1.807) is 14.0 Å². The number of carbonyl (C=O) groups is 1. The average molecular weight is 392 g/mol. The predicted molar refractivity (Wildman–Crippen MR) is 113 cm³/mol. The van der Waals surface area contributed by atoms with Crippen LogP contribution in [0.3, 0.4) is 0 Å². The van der Waals surface area contributed by atoms with Crippen molar-refractivity contribution in [1.82, 2.24) is 9.80 Å². The van der Waals surface area contributed by atoms with Gasteiger partial charge in [0.2, 0.25) is 0 Å². The summed E-state index contributed by atoms with van der Waals surface area (Å²) in [7, 11) is 1.60. The van der Waals surface area contributed by atoms with Crippen LogP contribution in [-0.4, -0.2) is 59.0 Å². The van der Waals surface area contributed by atoms with Gasteiger partial charge in [0.1, 0.15) is 0 Å². The van der Waals surface area contributed by atoms with E-state index in [1.807, 2.05) is 12.1 Å². The number of piperidine rings is 1. The zero-order chi connectivity index (χ0) is 20.5. The molecule has 29 heavy (non-hydrogen) atoms. The zero-order valence-corrected chi connectivity index (χ0v) is 17.0. The highest BCUT2D eigenvalue weighted by Gasteiger charge is 2.61. The number of amides is 1. The van der Waals surface area contributed by atoms with E-state index in [0.29, 0.717) is 12.8 Å². The summed E-state index contributed by atoms with van der Waals surface area (Å²) in [6, 6.07) is 20.8. The van der Waals surface area contributed by atoms with Crippen LogP contribution in [0.1, 0.15) is 30.9 Å². The third kappa shape index (κ3) is 3.56. The highest BCUT2D eigenvalue weighted by molar-refractivity contribution is 5.79. The molecule has 4 rings (SSSR count). The first-order valence-electron chi connectivity index (χ1n) is 10.2. The van der Waals surface area contributed by atoms with Crippen LogP contribution >= 0.6 is 0 Å². The van der Waals surface area contributed by atoms with Gasteiger partial charge in [0.25, 0.3) is 0 Å². The zero-order valence-electron chi connectivity index (χ0n) is 17.0. The van der Waals surface area contributed by atoms with Crippen LogP contribution in [0.2, 0.25) is 0 Å². The normalized spacial score (nSPS) is 23.8. The van der Waals surface area contributed by atoms with E-state index in [-0.39, 0.29) is 0 Å². The minimum absolute atomic E-state index is 0.446. The van der Waals surface area contributed by atoms with E-state index in [4.69, 9.17) is 4.74 Å². The molecule has 1 atom stereocenters. The highest BCUT2D eigenvalue weighted by atomic mass is 16.6. The van der Waals surface area contributed by atoms with Crippen molar-refractivity contribution in [2.75, 3.05) is 26.7 Å². The summed E-state index contributed by atoms with van der Waals surface area (Å²) in [6.45, 7) is 4.02. The summed E-state index contributed by atoms with van der Waals surface area (Å²) in [5.41, 5.74) is 1.51. The Morgan fingerprint density at radius 1 is 1.03 bits per heavy atom. The van der Waals surface area contributed by atoms with Crippen molar-refractivity contribution >= 4 is 11.7 Å². The molecule has 2 fully saturated rings. The van der Waals surface area contributed by atoms with Crippen molar-refractivity contribution in [2.24, 2.45) is 0 Å². The Bertz CT molecular complexity index is 843. The molecule has 5 heteroatoms. The largest absolute Gasteiger partial charge is 0.437 e. The number of hydrogen-bond donors (Lipinski definition) is 1. The molecule has 0 aliphatic carbocycles. The molecule has 0 aromatic heterocycles. The van der Waals surface area contributed by atoms with Crippen LogP contribution in [0, 0.1) is 0 Å². The summed E-state index contributed by atoms with van der Waals surface area (Å²) in [4.78, 5) is 15.7. The molecule has 0 saturated carbocycles. The highest BCUT2D eigenvalue weighted by Crippen LogP contribution is 2.43. The van der Waals surface area contributed by atoms with Gasteiger partial charge in [-0.25, -0.2) is 4.79 Å². The first-order valence-corrected chi connectivity index (χ1v) is 10.2. The van der Waals surface area contributed by atoms with Gasteiger partial charge in [0.15, 0.2) is 11.3 Å². The third-order valence-electron chi connectivity index (χ3n) is 6.46. The maximum Gasteiger partial charge on any atom is 0.412 e. The second kappa shape index (κ2) is 7.65. The second-order valence-electron chi connectivity index (χ2n) is 8.09. The first kappa shape index (κ1) is 19.7. The summed E-state index contributed by atoms with van der Waals surface area (Å²) < 4.78 is 5.62. The number of likely N-dealkylation sites (N-methyl/N-ethyl adjacent to an activating group) is 1. The van der Waals surface area contributed by atoms with Crippen LogP contribution < -0.4 is 0 Å². The number of hydrogen-bond acceptors (Lipinski definition) is 4. The second-order valence-corrected chi connectivity index (χ2v) is 8.09. The quantitative estimate of drug-likeness (QED) is 0.861. The van der Waals surface area contributed by atoms with Crippen molar-refractivity contribution in [3.8, 4) is 0 Å². The topological polar surface area (TPSA) is 53.0 Å². The minimum atomic E-state index is -1.27. The fraction of sp³-hybridized carbons (Fsp3) is 0.375. The third-order valence-corrected chi connectivity index (χ3v) is 6.46. The lowest BCUT2D eigenvalue weighted by atomic mass is 9.82. The van der Waals surface area contributed by atoms with E-state index < -0.39 is 17.4 Å². The van der Waals surface area contributed by atoms with E-state index in [9.17, 15) is 9.90 Å². The number of aliphatic hydroxyl groups is 1. The van der Waals surface area contributed by atoms with Gasteiger partial charge in [-0.3, -0.25) is 9.80 Å². The van der Waals surface area contributed by atoms with Crippen LogP contribution in [0.5, 0.6) is 0 Å². The minimum Gasteiger partial charge on any atom is -0.437 e. The van der Waals surface area contributed by atoms with E-state index in [2.05, 4.69) is 59.5 Å². The van der Waals surface area contributed by atoms with Gasteiger partial charge < -0.3 is 9.84 Å². The Morgan fingerprint density at radius 2 is 1.55 bits per heavy atom. The lowest BCUT2D eigenvalue weighted by molar-refractivity contribution is -0.160. The van der Waals surface area contributed by atoms with Gasteiger partial charge in [-0.15, -0.1) is 0 Å². The van der Waals surface area contributed by atoms with Gasteiger partial charge in [0, 0.05) is 39.5 Å². The van der Waals surface area contributed by atoms with Gasteiger partial charge in [-0.05, 0) is 23.6 Å². The molecular formula is C24H28N2O3. The van der Waals surface area contributed by atoms with Gasteiger partial charge in [-0.1, -0.05) is 66.7 Å². The monoisotopic (exact) mass is 392 g/mol. The van der Waals surface area contributed by atoms with Crippen molar-refractivity contribution in [2.45, 2.75) is 31.1 Å². The molecule has 2 aliphatic rings. The van der Waals surface area contributed by atoms with Gasteiger partial charge >= 0.3 is 6.09 Å². The number of carbonyl (C=O) groups excluding carboxylic acids is 1.